The summed E-state index contributed by atoms with van der Waals surface area (Å²) in [6, 6.07) is 8.37. The molecule has 0 radical (unpaired) electrons. The number of methoxy groups -OCH3 is 1. The van der Waals surface area contributed by atoms with Gasteiger partial charge in [0.25, 0.3) is 0 Å². The highest BCUT2D eigenvalue weighted by atomic mass is 127. The smallest absolute Gasteiger partial charge is 0.243 e. The highest BCUT2D eigenvalue weighted by Crippen LogP contribution is 2.42. The monoisotopic (exact) mass is 516 g/mol. The second kappa shape index (κ2) is 9.97. The van der Waals surface area contributed by atoms with Crippen LogP contribution in [0.15, 0.2) is 29.3 Å². The van der Waals surface area contributed by atoms with Crippen LogP contribution in [0.1, 0.15) is 38.3 Å². The van der Waals surface area contributed by atoms with Crippen molar-refractivity contribution in [3.05, 3.63) is 29.8 Å². The fraction of sp³-hybridized carbons (Fsp3) is 0.619. The Labute approximate surface area is 190 Å². The van der Waals surface area contributed by atoms with Crippen molar-refractivity contribution in [2.75, 3.05) is 34.4 Å². The third kappa shape index (κ3) is 5.33. The highest BCUT2D eigenvalue weighted by molar-refractivity contribution is 14.0. The second-order valence-corrected chi connectivity index (χ2v) is 8.30. The predicted molar refractivity (Wildman–Crippen MR) is 125 cm³/mol. The summed E-state index contributed by atoms with van der Waals surface area (Å²) in [5, 5.41) is 7.05. The number of guanidine groups is 1. The zero-order valence-corrected chi connectivity index (χ0v) is 20.2. The summed E-state index contributed by atoms with van der Waals surface area (Å²) in [6.45, 7) is 5.14. The maximum Gasteiger partial charge on any atom is 0.243 e. The van der Waals surface area contributed by atoms with Gasteiger partial charge in [-0.2, -0.15) is 0 Å². The summed E-state index contributed by atoms with van der Waals surface area (Å²) in [7, 11) is 5.24. The number of benzene rings is 1. The molecule has 1 saturated carbocycles. The zero-order chi connectivity index (χ0) is 20.3. The second-order valence-electron chi connectivity index (χ2n) is 8.30. The van der Waals surface area contributed by atoms with Crippen LogP contribution in [-0.4, -0.2) is 63.3 Å². The fourth-order valence-corrected chi connectivity index (χ4v) is 3.77. The minimum atomic E-state index is -0.0314. The van der Waals surface area contributed by atoms with Gasteiger partial charge in [0.2, 0.25) is 5.91 Å². The number of rotatable bonds is 5. The third-order valence-corrected chi connectivity index (χ3v) is 5.91. The summed E-state index contributed by atoms with van der Waals surface area (Å²) in [5.41, 5.74) is 1.11. The number of nitrogens with one attached hydrogen (secondary N) is 2. The number of nitrogens with zero attached hydrogens (tertiary/aromatic N) is 2. The average molecular weight is 516 g/mol. The number of carbonyl (C=O) groups excluding carboxylic acids is 1. The van der Waals surface area contributed by atoms with Crippen LogP contribution in [0.5, 0.6) is 5.75 Å². The van der Waals surface area contributed by atoms with Crippen molar-refractivity contribution in [2.45, 2.75) is 44.9 Å². The fourth-order valence-electron chi connectivity index (χ4n) is 3.77. The molecule has 8 heteroatoms. The van der Waals surface area contributed by atoms with Crippen molar-refractivity contribution in [3.8, 4) is 5.75 Å². The Balaban J connectivity index is 0.00000300. The number of carbonyl (C=O) groups is 1. The zero-order valence-electron chi connectivity index (χ0n) is 17.9. The van der Waals surface area contributed by atoms with Gasteiger partial charge in [0.1, 0.15) is 12.3 Å². The molecule has 3 unspecified atom stereocenters. The molecule has 162 valence electrons. The lowest BCUT2D eigenvalue weighted by Gasteiger charge is -2.51. The van der Waals surface area contributed by atoms with E-state index in [4.69, 9.17) is 9.47 Å². The molecule has 1 aliphatic heterocycles. The number of amides is 1. The Morgan fingerprint density at radius 2 is 2.03 bits per heavy atom. The van der Waals surface area contributed by atoms with Gasteiger partial charge in [-0.1, -0.05) is 32.0 Å². The van der Waals surface area contributed by atoms with Crippen LogP contribution >= 0.6 is 24.0 Å². The minimum Gasteiger partial charge on any atom is -0.493 e. The van der Waals surface area contributed by atoms with Gasteiger partial charge >= 0.3 is 0 Å². The number of aliphatic imine (C=N–C) groups is 1. The summed E-state index contributed by atoms with van der Waals surface area (Å²) in [5.74, 6) is 1.53. The first-order valence-electron chi connectivity index (χ1n) is 9.85. The number of likely N-dealkylation sites (N-methyl/N-ethyl adjacent to an activating group) is 1. The number of hydrogen-bond acceptors (Lipinski definition) is 4. The van der Waals surface area contributed by atoms with Crippen molar-refractivity contribution in [3.63, 3.8) is 0 Å². The van der Waals surface area contributed by atoms with Gasteiger partial charge in [0, 0.05) is 44.6 Å². The van der Waals surface area contributed by atoms with Crippen LogP contribution in [0.4, 0.5) is 0 Å². The van der Waals surface area contributed by atoms with Crippen molar-refractivity contribution in [2.24, 2.45) is 10.4 Å². The third-order valence-electron chi connectivity index (χ3n) is 5.91. The largest absolute Gasteiger partial charge is 0.493 e. The molecule has 0 aromatic heterocycles. The van der Waals surface area contributed by atoms with Crippen molar-refractivity contribution in [1.29, 1.82) is 0 Å². The first-order valence-corrected chi connectivity index (χ1v) is 9.85. The summed E-state index contributed by atoms with van der Waals surface area (Å²) in [4.78, 5) is 18.2. The molecule has 1 heterocycles. The van der Waals surface area contributed by atoms with Crippen molar-refractivity contribution in [1.82, 2.24) is 15.5 Å². The molecule has 0 spiro atoms. The molecule has 29 heavy (non-hydrogen) atoms. The van der Waals surface area contributed by atoms with Gasteiger partial charge in [-0.3, -0.25) is 4.79 Å². The Kier molecular flexibility index (Phi) is 8.16. The molecule has 2 N–H and O–H groups in total. The Bertz CT molecular complexity index is 738. The molecule has 3 atom stereocenters. The molecule has 2 aliphatic rings. The Morgan fingerprint density at radius 1 is 1.31 bits per heavy atom. The van der Waals surface area contributed by atoms with E-state index in [1.165, 1.54) is 0 Å². The number of halogens is 1. The molecule has 1 fully saturated rings. The molecular formula is C21H33IN4O3. The van der Waals surface area contributed by atoms with Gasteiger partial charge in [-0.15, -0.1) is 24.0 Å². The molecule has 1 aromatic rings. The van der Waals surface area contributed by atoms with E-state index < -0.39 is 0 Å². The van der Waals surface area contributed by atoms with E-state index in [1.54, 1.807) is 26.1 Å². The molecule has 1 amide bonds. The van der Waals surface area contributed by atoms with E-state index in [0.717, 1.165) is 24.2 Å². The minimum absolute atomic E-state index is 0. The van der Waals surface area contributed by atoms with E-state index >= 15 is 0 Å². The Hall–Kier alpha value is -1.55. The number of hydrogen-bond donors (Lipinski definition) is 2. The molecule has 1 aliphatic carbocycles. The number of para-hydroxylation sites is 1. The summed E-state index contributed by atoms with van der Waals surface area (Å²) in [6.07, 6.45) is 1.98. The maximum atomic E-state index is 12.1. The molecule has 0 saturated heterocycles. The van der Waals surface area contributed by atoms with Crippen LogP contribution in [0.25, 0.3) is 0 Å². The maximum absolute atomic E-state index is 12.1. The number of fused-ring (bicyclic) bond motifs is 1. The van der Waals surface area contributed by atoms with Crippen LogP contribution in [0, 0.1) is 5.41 Å². The van der Waals surface area contributed by atoms with E-state index in [2.05, 4.69) is 35.5 Å². The van der Waals surface area contributed by atoms with Crippen molar-refractivity contribution >= 4 is 35.8 Å². The lowest BCUT2D eigenvalue weighted by Crippen LogP contribution is -2.63. The SMILES string of the molecule is COC1CC(NC(=NCC(=O)N(C)C)NC2CCOc3ccccc32)C1(C)C.I. The summed E-state index contributed by atoms with van der Waals surface area (Å²) >= 11 is 0. The summed E-state index contributed by atoms with van der Waals surface area (Å²) < 4.78 is 11.3. The topological polar surface area (TPSA) is 75.2 Å². The van der Waals surface area contributed by atoms with Crippen LogP contribution in [0.2, 0.25) is 0 Å². The first kappa shape index (κ1) is 23.7. The van der Waals surface area contributed by atoms with Gasteiger partial charge in [0.15, 0.2) is 5.96 Å². The van der Waals surface area contributed by atoms with Gasteiger partial charge < -0.3 is 25.0 Å². The van der Waals surface area contributed by atoms with E-state index in [9.17, 15) is 4.79 Å². The van der Waals surface area contributed by atoms with Crippen LogP contribution < -0.4 is 15.4 Å². The lowest BCUT2D eigenvalue weighted by molar-refractivity contribution is -0.127. The highest BCUT2D eigenvalue weighted by Gasteiger charge is 2.49. The van der Waals surface area contributed by atoms with Crippen LogP contribution in [-0.2, 0) is 9.53 Å². The molecular weight excluding hydrogens is 483 g/mol. The predicted octanol–water partition coefficient (Wildman–Crippen LogP) is 2.57. The molecule has 0 bridgehead atoms. The normalized spacial score (nSPS) is 24.9. The van der Waals surface area contributed by atoms with Gasteiger partial charge in [0.05, 0.1) is 18.8 Å². The quantitative estimate of drug-likeness (QED) is 0.358. The van der Waals surface area contributed by atoms with Crippen molar-refractivity contribution < 1.29 is 14.3 Å². The molecule has 7 nitrogen and oxygen atoms in total. The lowest BCUT2D eigenvalue weighted by atomic mass is 9.64. The molecule has 3 rings (SSSR count). The molecule has 1 aromatic carbocycles. The first-order chi connectivity index (χ1) is 13.3. The standard InChI is InChI=1S/C21H32N4O3.HI/c1-21(2)17(12-18(21)27-5)24-20(22-13-19(26)25(3)4)23-15-10-11-28-16-9-7-6-8-14(15)16;/h6-9,15,17-18H,10-13H2,1-5H3,(H2,22,23,24);1H. The van der Waals surface area contributed by atoms with E-state index in [0.29, 0.717) is 12.6 Å². The van der Waals surface area contributed by atoms with Crippen LogP contribution in [0.3, 0.4) is 0 Å². The van der Waals surface area contributed by atoms with E-state index in [-0.39, 0.29) is 60.0 Å². The van der Waals surface area contributed by atoms with Gasteiger partial charge in [-0.25, -0.2) is 4.99 Å². The Morgan fingerprint density at radius 3 is 2.69 bits per heavy atom. The van der Waals surface area contributed by atoms with E-state index in [1.807, 2.05) is 18.2 Å². The average Bonchev–Trinajstić information content (AvgIpc) is 2.68. The number of ether oxygens (including phenoxy) is 2. The van der Waals surface area contributed by atoms with Gasteiger partial charge in [-0.05, 0) is 12.5 Å².